The Morgan fingerprint density at radius 3 is 2.42 bits per heavy atom. The van der Waals surface area contributed by atoms with Crippen molar-refractivity contribution in [2.75, 3.05) is 6.61 Å². The Labute approximate surface area is 164 Å². The third kappa shape index (κ3) is 3.71. The molecule has 0 atom stereocenters. The van der Waals surface area contributed by atoms with Gasteiger partial charge in [-0.1, -0.05) is 51.8 Å². The molecule has 7 heteroatoms. The second-order valence-electron chi connectivity index (χ2n) is 6.38. The van der Waals surface area contributed by atoms with Gasteiger partial charge in [-0.2, -0.15) is 0 Å². The quantitative estimate of drug-likeness (QED) is 0.749. The summed E-state index contributed by atoms with van der Waals surface area (Å²) in [5.74, 6) is -1.15. The molecule has 0 fully saturated rings. The number of amides is 1. The Hall–Kier alpha value is -2.05. The predicted molar refractivity (Wildman–Crippen MR) is 102 cm³/mol. The lowest BCUT2D eigenvalue weighted by Gasteiger charge is -2.25. The molecular formula is C19H17BrClNO4. The van der Waals surface area contributed by atoms with Gasteiger partial charge in [0, 0.05) is 17.3 Å². The highest BCUT2D eigenvalue weighted by molar-refractivity contribution is 9.10. The number of carbonyl (C=O) groups is 2. The molecule has 26 heavy (non-hydrogen) atoms. The number of ether oxygens (including phenoxy) is 1. The second kappa shape index (κ2) is 7.29. The highest BCUT2D eigenvalue weighted by atomic mass is 79.9. The SMILES string of the molecule is Cc1cc(Br)cc(Cl)c1OCC(=O)NC1(C(=O)O)Cc2ccccc2C1. The average Bonchev–Trinajstić information content (AvgIpc) is 2.93. The van der Waals surface area contributed by atoms with Crippen LogP contribution in [0.3, 0.4) is 0 Å². The number of hydrogen-bond donors (Lipinski definition) is 2. The molecule has 0 aromatic heterocycles. The maximum absolute atomic E-state index is 12.4. The van der Waals surface area contributed by atoms with Crippen molar-refractivity contribution in [2.24, 2.45) is 0 Å². The zero-order chi connectivity index (χ0) is 18.9. The molecule has 0 unspecified atom stereocenters. The molecule has 136 valence electrons. The molecule has 1 aliphatic rings. The van der Waals surface area contributed by atoms with Gasteiger partial charge in [-0.05, 0) is 35.7 Å². The molecule has 0 spiro atoms. The maximum Gasteiger partial charge on any atom is 0.330 e. The second-order valence-corrected chi connectivity index (χ2v) is 7.70. The molecule has 0 heterocycles. The van der Waals surface area contributed by atoms with Gasteiger partial charge < -0.3 is 15.2 Å². The first kappa shape index (κ1) is 18.7. The first-order valence-electron chi connectivity index (χ1n) is 8.00. The number of aryl methyl sites for hydroxylation is 1. The van der Waals surface area contributed by atoms with Crippen LogP contribution in [0, 0.1) is 6.92 Å². The number of fused-ring (bicyclic) bond motifs is 1. The molecule has 0 aliphatic heterocycles. The van der Waals surface area contributed by atoms with E-state index in [0.29, 0.717) is 10.8 Å². The van der Waals surface area contributed by atoms with Gasteiger partial charge in [0.05, 0.1) is 5.02 Å². The van der Waals surface area contributed by atoms with E-state index in [1.165, 1.54) is 0 Å². The van der Waals surface area contributed by atoms with Crippen molar-refractivity contribution < 1.29 is 19.4 Å². The molecule has 0 saturated heterocycles. The van der Waals surface area contributed by atoms with E-state index in [-0.39, 0.29) is 19.4 Å². The minimum absolute atomic E-state index is 0.252. The van der Waals surface area contributed by atoms with Crippen molar-refractivity contribution >= 4 is 39.4 Å². The molecule has 2 aromatic carbocycles. The van der Waals surface area contributed by atoms with Crippen molar-refractivity contribution in [1.29, 1.82) is 0 Å². The molecule has 0 saturated carbocycles. The lowest BCUT2D eigenvalue weighted by atomic mass is 9.96. The fourth-order valence-electron chi connectivity index (χ4n) is 3.22. The monoisotopic (exact) mass is 437 g/mol. The summed E-state index contributed by atoms with van der Waals surface area (Å²) in [7, 11) is 0. The number of carboxylic acid groups (broad SMARTS) is 1. The number of nitrogens with one attached hydrogen (secondary N) is 1. The topological polar surface area (TPSA) is 75.6 Å². The van der Waals surface area contributed by atoms with Gasteiger partial charge >= 0.3 is 5.97 Å². The summed E-state index contributed by atoms with van der Waals surface area (Å²) >= 11 is 9.48. The molecule has 2 N–H and O–H groups in total. The van der Waals surface area contributed by atoms with Gasteiger partial charge in [-0.15, -0.1) is 0 Å². The summed E-state index contributed by atoms with van der Waals surface area (Å²) in [6.45, 7) is 1.50. The molecule has 1 aliphatic carbocycles. The van der Waals surface area contributed by atoms with E-state index in [2.05, 4.69) is 21.2 Å². The standard InChI is InChI=1S/C19H17BrClNO4/c1-11-6-14(20)7-15(21)17(11)26-10-16(23)22-19(18(24)25)8-12-4-2-3-5-13(12)9-19/h2-7H,8-10H2,1H3,(H,22,23)(H,24,25). The van der Waals surface area contributed by atoms with Crippen LogP contribution in [0.4, 0.5) is 0 Å². The Morgan fingerprint density at radius 2 is 1.88 bits per heavy atom. The Bertz CT molecular complexity index is 836. The number of aliphatic carboxylic acids is 1. The van der Waals surface area contributed by atoms with Crippen LogP contribution in [-0.2, 0) is 22.4 Å². The van der Waals surface area contributed by atoms with Crippen molar-refractivity contribution in [2.45, 2.75) is 25.3 Å². The molecular weight excluding hydrogens is 422 g/mol. The number of hydrogen-bond acceptors (Lipinski definition) is 3. The van der Waals surface area contributed by atoms with Crippen molar-refractivity contribution in [1.82, 2.24) is 5.32 Å². The summed E-state index contributed by atoms with van der Waals surface area (Å²) in [5, 5.41) is 12.7. The number of carbonyl (C=O) groups excluding carboxylic acids is 1. The number of benzene rings is 2. The van der Waals surface area contributed by atoms with Gasteiger partial charge in [0.1, 0.15) is 11.3 Å². The molecule has 0 radical (unpaired) electrons. The third-order valence-corrected chi connectivity index (χ3v) is 5.17. The van der Waals surface area contributed by atoms with Crippen molar-refractivity contribution in [3.63, 3.8) is 0 Å². The Balaban J connectivity index is 1.70. The summed E-state index contributed by atoms with van der Waals surface area (Å²) in [4.78, 5) is 24.2. The molecule has 5 nitrogen and oxygen atoms in total. The molecule has 2 aromatic rings. The Kier molecular flexibility index (Phi) is 5.25. The van der Waals surface area contributed by atoms with E-state index in [0.717, 1.165) is 21.2 Å². The average molecular weight is 439 g/mol. The van der Waals surface area contributed by atoms with Crippen molar-refractivity contribution in [3.8, 4) is 5.75 Å². The van der Waals surface area contributed by atoms with Crippen LogP contribution >= 0.6 is 27.5 Å². The van der Waals surface area contributed by atoms with E-state index in [1.54, 1.807) is 6.07 Å². The van der Waals surface area contributed by atoms with Crippen molar-refractivity contribution in [3.05, 3.63) is 62.6 Å². The number of carboxylic acids is 1. The lowest BCUT2D eigenvalue weighted by molar-refractivity contribution is -0.147. The van der Waals surface area contributed by atoms with Gasteiger partial charge in [0.15, 0.2) is 6.61 Å². The van der Waals surface area contributed by atoms with E-state index < -0.39 is 17.4 Å². The first-order chi connectivity index (χ1) is 12.3. The lowest BCUT2D eigenvalue weighted by Crippen LogP contribution is -2.56. The molecule has 3 rings (SSSR count). The van der Waals surface area contributed by atoms with Gasteiger partial charge in [-0.25, -0.2) is 4.79 Å². The summed E-state index contributed by atoms with van der Waals surface area (Å²) in [6, 6.07) is 11.0. The first-order valence-corrected chi connectivity index (χ1v) is 9.17. The van der Waals surface area contributed by atoms with Crippen LogP contribution in [0.25, 0.3) is 0 Å². The van der Waals surface area contributed by atoms with Gasteiger partial charge in [0.25, 0.3) is 5.91 Å². The van der Waals surface area contributed by atoms with Crippen LogP contribution < -0.4 is 10.1 Å². The van der Waals surface area contributed by atoms with Crippen LogP contribution in [-0.4, -0.2) is 29.1 Å². The fourth-order valence-corrected chi connectivity index (χ4v) is 4.25. The smallest absolute Gasteiger partial charge is 0.330 e. The van der Waals surface area contributed by atoms with E-state index >= 15 is 0 Å². The number of rotatable bonds is 5. The highest BCUT2D eigenvalue weighted by Gasteiger charge is 2.45. The van der Waals surface area contributed by atoms with Gasteiger partial charge in [-0.3, -0.25) is 4.79 Å². The minimum Gasteiger partial charge on any atom is -0.482 e. The summed E-state index contributed by atoms with van der Waals surface area (Å²) in [6.07, 6.45) is 0.505. The Morgan fingerprint density at radius 1 is 1.27 bits per heavy atom. The minimum atomic E-state index is -1.34. The molecule has 1 amide bonds. The largest absolute Gasteiger partial charge is 0.482 e. The van der Waals surface area contributed by atoms with E-state index in [1.807, 2.05) is 37.3 Å². The zero-order valence-corrected chi connectivity index (χ0v) is 16.4. The summed E-state index contributed by atoms with van der Waals surface area (Å²) < 4.78 is 6.35. The molecule has 0 bridgehead atoms. The highest BCUT2D eigenvalue weighted by Crippen LogP contribution is 2.33. The third-order valence-electron chi connectivity index (χ3n) is 4.43. The zero-order valence-electron chi connectivity index (χ0n) is 14.0. The maximum atomic E-state index is 12.4. The predicted octanol–water partition coefficient (Wildman–Crippen LogP) is 3.53. The van der Waals surface area contributed by atoms with E-state index in [4.69, 9.17) is 16.3 Å². The van der Waals surface area contributed by atoms with Crippen LogP contribution in [0.1, 0.15) is 16.7 Å². The summed E-state index contributed by atoms with van der Waals surface area (Å²) in [5.41, 5.74) is 1.30. The van der Waals surface area contributed by atoms with Crippen LogP contribution in [0.15, 0.2) is 40.9 Å². The fraction of sp³-hybridized carbons (Fsp3) is 0.263. The van der Waals surface area contributed by atoms with E-state index in [9.17, 15) is 14.7 Å². The van der Waals surface area contributed by atoms with Crippen LogP contribution in [0.2, 0.25) is 5.02 Å². The van der Waals surface area contributed by atoms with Gasteiger partial charge in [0.2, 0.25) is 0 Å². The van der Waals surface area contributed by atoms with Crippen LogP contribution in [0.5, 0.6) is 5.75 Å². The number of halogens is 2. The normalized spacial score (nSPS) is 14.6.